The first-order valence-electron chi connectivity index (χ1n) is 13.0. The van der Waals surface area contributed by atoms with E-state index in [1.54, 1.807) is 33.9 Å². The number of benzene rings is 1. The number of piperidine rings is 1. The summed E-state index contributed by atoms with van der Waals surface area (Å²) in [6.45, 7) is 0.579. The molecule has 3 aromatic heterocycles. The number of carbonyl (C=O) groups is 2. The van der Waals surface area contributed by atoms with Crippen LogP contribution in [0.4, 0.5) is 18.9 Å². The van der Waals surface area contributed by atoms with Crippen molar-refractivity contribution in [2.45, 2.75) is 43.8 Å². The minimum atomic E-state index is -4.58. The van der Waals surface area contributed by atoms with Gasteiger partial charge in [0.2, 0.25) is 16.4 Å². The van der Waals surface area contributed by atoms with Gasteiger partial charge in [0.05, 0.1) is 16.3 Å². The minimum absolute atomic E-state index is 0.0208. The van der Waals surface area contributed by atoms with Crippen molar-refractivity contribution in [2.75, 3.05) is 18.4 Å². The number of hydrogen-bond acceptors (Lipinski definition) is 6. The first kappa shape index (κ1) is 28.3. The number of nitrogens with zero attached hydrogens (tertiary/aromatic N) is 6. The number of likely N-dealkylation sites (tertiary alicyclic amines) is 1. The molecule has 2 amide bonds. The van der Waals surface area contributed by atoms with Gasteiger partial charge >= 0.3 is 6.18 Å². The molecule has 4 heterocycles. The lowest BCUT2D eigenvalue weighted by molar-refractivity contribution is -0.137. The SMILES string of the molecule is O=C(Cn1c2c(c(=O)n3nc(Br)nc13)C1(CC2)CCN(C(=O)c2ccccn2)CC1)Nc1ccc(C(F)(F)F)cc1Cl. The summed E-state index contributed by atoms with van der Waals surface area (Å²) in [6.07, 6.45) is -0.784. The van der Waals surface area contributed by atoms with Crippen LogP contribution in [-0.4, -0.2) is 54.0 Å². The summed E-state index contributed by atoms with van der Waals surface area (Å²) < 4.78 is 42.0. The molecule has 6 rings (SSSR count). The zero-order valence-electron chi connectivity index (χ0n) is 21.8. The first-order chi connectivity index (χ1) is 20.0. The van der Waals surface area contributed by atoms with E-state index in [4.69, 9.17) is 11.6 Å². The van der Waals surface area contributed by atoms with E-state index in [9.17, 15) is 27.6 Å². The highest BCUT2D eigenvalue weighted by Gasteiger charge is 2.46. The Labute approximate surface area is 249 Å². The van der Waals surface area contributed by atoms with Crippen LogP contribution in [0.2, 0.25) is 5.02 Å². The largest absolute Gasteiger partial charge is 0.416 e. The van der Waals surface area contributed by atoms with Crippen LogP contribution in [0.5, 0.6) is 0 Å². The minimum Gasteiger partial charge on any atom is -0.337 e. The normalized spacial score (nSPS) is 16.2. The molecule has 1 fully saturated rings. The zero-order valence-corrected chi connectivity index (χ0v) is 24.1. The standard InChI is InChI=1S/C27H22BrClF3N7O3/c28-24-35-25-38(14-20(40)34-17-5-4-15(13-16(17)29)27(30,31)32)19-6-7-26(21(19)23(42)39(25)36-24)8-11-37(12-9-26)22(41)18-3-1-2-10-33-18/h1-5,10,13H,6-9,11-12,14H2,(H,34,40). The second-order valence-corrected chi connectivity index (χ2v) is 11.5. The molecule has 2 aliphatic rings. The van der Waals surface area contributed by atoms with Crippen molar-refractivity contribution in [3.63, 3.8) is 0 Å². The lowest BCUT2D eigenvalue weighted by atomic mass is 9.74. The average molecular weight is 665 g/mol. The lowest BCUT2D eigenvalue weighted by Crippen LogP contribution is -2.46. The fourth-order valence-corrected chi connectivity index (χ4v) is 6.48. The molecule has 0 atom stereocenters. The maximum absolute atomic E-state index is 13.8. The molecule has 1 saturated heterocycles. The number of anilines is 1. The van der Waals surface area contributed by atoms with Gasteiger partial charge in [0, 0.05) is 36.0 Å². The maximum atomic E-state index is 13.8. The van der Waals surface area contributed by atoms with Crippen molar-refractivity contribution in [3.05, 3.63) is 85.2 Å². The number of hydrogen-bond donors (Lipinski definition) is 1. The Hall–Kier alpha value is -3.78. The van der Waals surface area contributed by atoms with Crippen molar-refractivity contribution in [1.82, 2.24) is 29.0 Å². The molecule has 0 bridgehead atoms. The van der Waals surface area contributed by atoms with E-state index in [1.807, 2.05) is 0 Å². The smallest absolute Gasteiger partial charge is 0.337 e. The fourth-order valence-electron chi connectivity index (χ4n) is 5.93. The van der Waals surface area contributed by atoms with Gasteiger partial charge in [-0.3, -0.25) is 19.4 Å². The number of aromatic nitrogens is 5. The molecule has 4 aromatic rings. The highest BCUT2D eigenvalue weighted by Crippen LogP contribution is 2.45. The van der Waals surface area contributed by atoms with E-state index < -0.39 is 23.1 Å². The fraction of sp³-hybridized carbons (Fsp3) is 0.333. The Morgan fingerprint density at radius 2 is 1.88 bits per heavy atom. The van der Waals surface area contributed by atoms with Gasteiger partial charge in [-0.05, 0) is 71.9 Å². The molecular weight excluding hydrogens is 643 g/mol. The highest BCUT2D eigenvalue weighted by atomic mass is 79.9. The summed E-state index contributed by atoms with van der Waals surface area (Å²) in [5.74, 6) is -0.588. The number of amides is 2. The average Bonchev–Trinajstić information content (AvgIpc) is 3.53. The van der Waals surface area contributed by atoms with Crippen molar-refractivity contribution < 1.29 is 22.8 Å². The Balaban J connectivity index is 1.30. The molecule has 15 heteroatoms. The van der Waals surface area contributed by atoms with Crippen LogP contribution in [0.15, 0.2) is 52.1 Å². The van der Waals surface area contributed by atoms with Gasteiger partial charge in [-0.25, -0.2) is 0 Å². The van der Waals surface area contributed by atoms with Gasteiger partial charge in [0.1, 0.15) is 12.2 Å². The molecular formula is C27H22BrClF3N7O3. The lowest BCUT2D eigenvalue weighted by Gasteiger charge is -2.39. The quantitative estimate of drug-likeness (QED) is 0.344. The van der Waals surface area contributed by atoms with E-state index in [2.05, 4.69) is 36.3 Å². The topological polar surface area (TPSA) is 114 Å². The van der Waals surface area contributed by atoms with Crippen LogP contribution in [0.25, 0.3) is 5.78 Å². The van der Waals surface area contributed by atoms with Crippen molar-refractivity contribution in [3.8, 4) is 0 Å². The Kier molecular flexibility index (Phi) is 7.08. The number of alkyl halides is 3. The predicted molar refractivity (Wildman–Crippen MR) is 149 cm³/mol. The van der Waals surface area contributed by atoms with E-state index in [-0.39, 0.29) is 39.2 Å². The van der Waals surface area contributed by atoms with Crippen molar-refractivity contribution in [2.24, 2.45) is 0 Å². The van der Waals surface area contributed by atoms with Gasteiger partial charge in [-0.15, -0.1) is 5.10 Å². The van der Waals surface area contributed by atoms with E-state index in [0.717, 1.165) is 22.7 Å². The van der Waals surface area contributed by atoms with Gasteiger partial charge in [0.15, 0.2) is 0 Å². The third-order valence-electron chi connectivity index (χ3n) is 7.96. The molecule has 42 heavy (non-hydrogen) atoms. The van der Waals surface area contributed by atoms with E-state index in [0.29, 0.717) is 55.7 Å². The number of carbonyl (C=O) groups excluding carboxylic acids is 2. The number of rotatable bonds is 4. The summed E-state index contributed by atoms with van der Waals surface area (Å²) in [6, 6.07) is 7.84. The van der Waals surface area contributed by atoms with Gasteiger partial charge in [0.25, 0.3) is 11.5 Å². The molecule has 1 N–H and O–H groups in total. The molecule has 1 aliphatic heterocycles. The van der Waals surface area contributed by atoms with Crippen LogP contribution in [0, 0.1) is 0 Å². The molecule has 10 nitrogen and oxygen atoms in total. The van der Waals surface area contributed by atoms with Gasteiger partial charge in [-0.2, -0.15) is 22.7 Å². The van der Waals surface area contributed by atoms with Crippen LogP contribution in [0.3, 0.4) is 0 Å². The van der Waals surface area contributed by atoms with Crippen LogP contribution in [-0.2, 0) is 29.4 Å². The zero-order chi connectivity index (χ0) is 29.8. The summed E-state index contributed by atoms with van der Waals surface area (Å²) >= 11 is 9.25. The first-order valence-corrected chi connectivity index (χ1v) is 14.2. The Morgan fingerprint density at radius 3 is 2.55 bits per heavy atom. The van der Waals surface area contributed by atoms with Crippen LogP contribution in [0.1, 0.15) is 46.6 Å². The van der Waals surface area contributed by atoms with Crippen molar-refractivity contribution in [1.29, 1.82) is 0 Å². The summed E-state index contributed by atoms with van der Waals surface area (Å²) in [4.78, 5) is 50.1. The molecule has 0 saturated carbocycles. The third kappa shape index (κ3) is 4.96. The number of pyridine rings is 1. The number of nitrogens with one attached hydrogen (secondary N) is 1. The predicted octanol–water partition coefficient (Wildman–Crippen LogP) is 4.48. The van der Waals surface area contributed by atoms with Crippen LogP contribution < -0.4 is 10.9 Å². The summed E-state index contributed by atoms with van der Waals surface area (Å²) in [5, 5.41) is 6.51. The molecule has 0 unspecified atom stereocenters. The Bertz CT molecular complexity index is 1780. The molecule has 1 aliphatic carbocycles. The van der Waals surface area contributed by atoms with Gasteiger partial charge in [-0.1, -0.05) is 17.7 Å². The molecule has 218 valence electrons. The molecule has 1 aromatic carbocycles. The summed E-state index contributed by atoms with van der Waals surface area (Å²) in [5.41, 5.74) is -0.222. The second kappa shape index (κ2) is 10.5. The van der Waals surface area contributed by atoms with Crippen molar-refractivity contribution >= 4 is 50.8 Å². The van der Waals surface area contributed by atoms with Gasteiger partial charge < -0.3 is 14.8 Å². The maximum Gasteiger partial charge on any atom is 0.416 e. The third-order valence-corrected chi connectivity index (χ3v) is 8.61. The molecule has 1 spiro atoms. The highest BCUT2D eigenvalue weighted by molar-refractivity contribution is 9.10. The van der Waals surface area contributed by atoms with E-state index >= 15 is 0 Å². The van der Waals surface area contributed by atoms with E-state index in [1.165, 1.54) is 0 Å². The molecule has 0 radical (unpaired) electrons. The number of halogens is 5. The van der Waals surface area contributed by atoms with Crippen LogP contribution >= 0.6 is 27.5 Å². The number of fused-ring (bicyclic) bond motifs is 3. The second-order valence-electron chi connectivity index (χ2n) is 10.3. The summed E-state index contributed by atoms with van der Waals surface area (Å²) in [7, 11) is 0. The monoisotopic (exact) mass is 663 g/mol. The Morgan fingerprint density at radius 1 is 1.12 bits per heavy atom.